The molecule has 0 radical (unpaired) electrons. The van der Waals surface area contributed by atoms with Gasteiger partial charge in [0.15, 0.2) is 0 Å². The molecule has 1 atom stereocenters. The van der Waals surface area contributed by atoms with Crippen molar-refractivity contribution in [2.75, 3.05) is 19.8 Å². The normalized spacial score (nSPS) is 12.9. The van der Waals surface area contributed by atoms with Crippen molar-refractivity contribution in [3.63, 3.8) is 0 Å². The van der Waals surface area contributed by atoms with Gasteiger partial charge in [-0.25, -0.2) is 0 Å². The number of nitrogens with zero attached hydrogens (tertiary/aromatic N) is 4. The highest BCUT2D eigenvalue weighted by atomic mass is 16.5. The molecule has 0 spiro atoms. The lowest BCUT2D eigenvalue weighted by Crippen LogP contribution is -2.08. The number of hydrogen-bond donors (Lipinski definition) is 1. The molecule has 0 aliphatic rings. The van der Waals surface area contributed by atoms with Crippen LogP contribution in [0.15, 0.2) is 24.8 Å². The zero-order valence-corrected chi connectivity index (χ0v) is 14.4. The molecule has 0 saturated heterocycles. The lowest BCUT2D eigenvalue weighted by Gasteiger charge is -2.10. The molecule has 2 aromatic rings. The molecule has 6 heteroatoms. The van der Waals surface area contributed by atoms with Crippen molar-refractivity contribution < 1.29 is 9.84 Å². The molecular formula is C17H28N4O2. The van der Waals surface area contributed by atoms with E-state index in [2.05, 4.69) is 37.2 Å². The molecule has 0 aromatic carbocycles. The van der Waals surface area contributed by atoms with Crippen LogP contribution in [0.25, 0.3) is 0 Å². The fourth-order valence-corrected chi connectivity index (χ4v) is 2.35. The van der Waals surface area contributed by atoms with Gasteiger partial charge in [-0.3, -0.25) is 9.36 Å². The number of aromatic nitrogens is 4. The Morgan fingerprint density at radius 1 is 1.00 bits per heavy atom. The lowest BCUT2D eigenvalue weighted by atomic mass is 10.0. The first kappa shape index (κ1) is 17.7. The molecule has 0 amide bonds. The number of aliphatic hydroxyl groups excluding tert-OH is 1. The minimum atomic E-state index is 0.116. The van der Waals surface area contributed by atoms with Gasteiger partial charge in [-0.1, -0.05) is 20.8 Å². The standard InChI is InChI=1S/C17H28N4O2/c1-14(2)16-10-18-21(12-16)6-9-23-8-4-15(3)17-11-19-20(13-17)5-7-22/h10-15,22H,4-9H2,1-3H3. The topological polar surface area (TPSA) is 65.1 Å². The molecule has 6 nitrogen and oxygen atoms in total. The highest BCUT2D eigenvalue weighted by molar-refractivity contribution is 5.10. The maximum absolute atomic E-state index is 8.91. The Hall–Kier alpha value is -1.66. The second-order valence-corrected chi connectivity index (χ2v) is 6.25. The van der Waals surface area contributed by atoms with Gasteiger partial charge in [0.1, 0.15) is 0 Å². The Balaban J connectivity index is 1.64. The van der Waals surface area contributed by atoms with E-state index in [1.165, 1.54) is 11.1 Å². The van der Waals surface area contributed by atoms with Gasteiger partial charge in [-0.15, -0.1) is 0 Å². The summed E-state index contributed by atoms with van der Waals surface area (Å²) >= 11 is 0. The average Bonchev–Trinajstić information content (AvgIpc) is 3.16. The monoisotopic (exact) mass is 320 g/mol. The van der Waals surface area contributed by atoms with Crippen LogP contribution in [0.3, 0.4) is 0 Å². The molecule has 2 aromatic heterocycles. The van der Waals surface area contributed by atoms with Crippen LogP contribution < -0.4 is 0 Å². The van der Waals surface area contributed by atoms with Gasteiger partial charge in [0.25, 0.3) is 0 Å². The Kier molecular flexibility index (Phi) is 6.80. The Bertz CT molecular complexity index is 577. The first-order chi connectivity index (χ1) is 11.1. The van der Waals surface area contributed by atoms with E-state index < -0.39 is 0 Å². The molecule has 2 rings (SSSR count). The molecule has 0 aliphatic carbocycles. The zero-order valence-electron chi connectivity index (χ0n) is 14.4. The summed E-state index contributed by atoms with van der Waals surface area (Å²) in [6.45, 7) is 9.36. The molecular weight excluding hydrogens is 292 g/mol. The lowest BCUT2D eigenvalue weighted by molar-refractivity contribution is 0.118. The maximum Gasteiger partial charge on any atom is 0.0662 e. The van der Waals surface area contributed by atoms with Gasteiger partial charge < -0.3 is 9.84 Å². The van der Waals surface area contributed by atoms with Crippen molar-refractivity contribution in [1.29, 1.82) is 0 Å². The molecule has 23 heavy (non-hydrogen) atoms. The second kappa shape index (κ2) is 8.84. The van der Waals surface area contributed by atoms with Crippen LogP contribution in [0.2, 0.25) is 0 Å². The molecule has 1 N–H and O–H groups in total. The summed E-state index contributed by atoms with van der Waals surface area (Å²) in [5.74, 6) is 0.914. The van der Waals surface area contributed by atoms with Crippen LogP contribution in [0, 0.1) is 0 Å². The van der Waals surface area contributed by atoms with E-state index >= 15 is 0 Å². The highest BCUT2D eigenvalue weighted by Crippen LogP contribution is 2.18. The molecule has 0 aliphatic heterocycles. The summed E-state index contributed by atoms with van der Waals surface area (Å²) in [5.41, 5.74) is 2.45. The van der Waals surface area contributed by atoms with Gasteiger partial charge in [-0.05, 0) is 29.4 Å². The van der Waals surface area contributed by atoms with Crippen LogP contribution >= 0.6 is 0 Å². The van der Waals surface area contributed by atoms with Crippen LogP contribution in [0.4, 0.5) is 0 Å². The van der Waals surface area contributed by atoms with E-state index in [1.807, 2.05) is 23.3 Å². The van der Waals surface area contributed by atoms with E-state index in [1.54, 1.807) is 4.68 Å². The summed E-state index contributed by atoms with van der Waals surface area (Å²) in [5, 5.41) is 17.5. The summed E-state index contributed by atoms with van der Waals surface area (Å²) in [4.78, 5) is 0. The number of hydrogen-bond acceptors (Lipinski definition) is 4. The van der Waals surface area contributed by atoms with Gasteiger partial charge in [0.2, 0.25) is 0 Å². The van der Waals surface area contributed by atoms with E-state index in [0.717, 1.165) is 19.6 Å². The Morgan fingerprint density at radius 3 is 2.30 bits per heavy atom. The van der Waals surface area contributed by atoms with E-state index in [4.69, 9.17) is 9.84 Å². The summed E-state index contributed by atoms with van der Waals surface area (Å²) in [7, 11) is 0. The SMILES string of the molecule is CC(C)c1cnn(CCOCCC(C)c2cnn(CCO)c2)c1. The Morgan fingerprint density at radius 2 is 1.65 bits per heavy atom. The van der Waals surface area contributed by atoms with Gasteiger partial charge >= 0.3 is 0 Å². The predicted molar refractivity (Wildman–Crippen MR) is 89.5 cm³/mol. The maximum atomic E-state index is 8.91. The molecule has 1 unspecified atom stereocenters. The van der Waals surface area contributed by atoms with Crippen molar-refractivity contribution in [1.82, 2.24) is 19.6 Å². The number of rotatable bonds is 10. The highest BCUT2D eigenvalue weighted by Gasteiger charge is 2.08. The van der Waals surface area contributed by atoms with Crippen molar-refractivity contribution in [2.24, 2.45) is 0 Å². The molecule has 128 valence electrons. The van der Waals surface area contributed by atoms with Gasteiger partial charge in [0, 0.05) is 19.0 Å². The van der Waals surface area contributed by atoms with Gasteiger partial charge in [-0.2, -0.15) is 10.2 Å². The molecule has 0 saturated carbocycles. The van der Waals surface area contributed by atoms with Crippen LogP contribution in [-0.4, -0.2) is 44.5 Å². The van der Waals surface area contributed by atoms with Crippen LogP contribution in [-0.2, 0) is 17.8 Å². The third-order valence-electron chi connectivity index (χ3n) is 4.03. The summed E-state index contributed by atoms with van der Waals surface area (Å²) in [6.07, 6.45) is 8.85. The molecule has 2 heterocycles. The zero-order chi connectivity index (χ0) is 16.7. The smallest absolute Gasteiger partial charge is 0.0662 e. The van der Waals surface area contributed by atoms with Crippen molar-refractivity contribution in [3.8, 4) is 0 Å². The first-order valence-corrected chi connectivity index (χ1v) is 8.33. The van der Waals surface area contributed by atoms with Crippen molar-refractivity contribution in [3.05, 3.63) is 35.9 Å². The molecule has 0 bridgehead atoms. The fourth-order valence-electron chi connectivity index (χ4n) is 2.35. The average molecular weight is 320 g/mol. The quantitative estimate of drug-likeness (QED) is 0.683. The van der Waals surface area contributed by atoms with Crippen molar-refractivity contribution in [2.45, 2.75) is 52.1 Å². The van der Waals surface area contributed by atoms with E-state index in [-0.39, 0.29) is 6.61 Å². The first-order valence-electron chi connectivity index (χ1n) is 8.33. The van der Waals surface area contributed by atoms with Crippen LogP contribution in [0.1, 0.15) is 50.2 Å². The Labute approximate surface area is 138 Å². The number of ether oxygens (including phenoxy) is 1. The van der Waals surface area contributed by atoms with Gasteiger partial charge in [0.05, 0.1) is 38.7 Å². The molecule has 0 fully saturated rings. The second-order valence-electron chi connectivity index (χ2n) is 6.25. The third kappa shape index (κ3) is 5.48. The number of aliphatic hydroxyl groups is 1. The fraction of sp³-hybridized carbons (Fsp3) is 0.647. The summed E-state index contributed by atoms with van der Waals surface area (Å²) in [6, 6.07) is 0. The van der Waals surface area contributed by atoms with Crippen LogP contribution in [0.5, 0.6) is 0 Å². The largest absolute Gasteiger partial charge is 0.394 e. The predicted octanol–water partition coefficient (Wildman–Crippen LogP) is 2.41. The minimum absolute atomic E-state index is 0.116. The summed E-state index contributed by atoms with van der Waals surface area (Å²) < 4.78 is 9.44. The third-order valence-corrected chi connectivity index (χ3v) is 4.03. The van der Waals surface area contributed by atoms with E-state index in [0.29, 0.717) is 25.0 Å². The minimum Gasteiger partial charge on any atom is -0.394 e. The van der Waals surface area contributed by atoms with E-state index in [9.17, 15) is 0 Å². The van der Waals surface area contributed by atoms with Crippen molar-refractivity contribution >= 4 is 0 Å².